The van der Waals surface area contributed by atoms with Gasteiger partial charge in [0.05, 0.1) is 16.1 Å². The number of allylic oxidation sites excluding steroid dienone is 2. The van der Waals surface area contributed by atoms with Gasteiger partial charge in [0, 0.05) is 23.7 Å². The summed E-state index contributed by atoms with van der Waals surface area (Å²) in [5.41, 5.74) is 4.18. The molecule has 0 saturated carbocycles. The highest BCUT2D eigenvalue weighted by atomic mass is 35.5. The number of anilines is 2. The number of carbonyl (C=O) groups excluding carboxylic acids is 1. The fourth-order valence-electron chi connectivity index (χ4n) is 4.32. The van der Waals surface area contributed by atoms with Gasteiger partial charge in [-0.05, 0) is 53.6 Å². The Balaban J connectivity index is 1.65. The van der Waals surface area contributed by atoms with Crippen molar-refractivity contribution in [3.63, 3.8) is 0 Å². The topological polar surface area (TPSA) is 41.1 Å². The number of carbonyl (C=O) groups is 1. The summed E-state index contributed by atoms with van der Waals surface area (Å²) in [4.78, 5) is 12.2. The third-order valence-electron chi connectivity index (χ3n) is 5.56. The maximum atomic E-state index is 12.2. The predicted molar refractivity (Wildman–Crippen MR) is 117 cm³/mol. The Kier molecular flexibility index (Phi) is 5.39. The maximum Gasteiger partial charge on any atom is 0.224 e. The van der Waals surface area contributed by atoms with Gasteiger partial charge in [-0.25, -0.2) is 0 Å². The largest absolute Gasteiger partial charge is 0.378 e. The van der Waals surface area contributed by atoms with Crippen LogP contribution in [0.5, 0.6) is 0 Å². The molecule has 3 unspecified atom stereocenters. The Hall–Kier alpha value is -1.97. The number of benzene rings is 2. The second-order valence-electron chi connectivity index (χ2n) is 8.07. The molecule has 4 rings (SSSR count). The monoisotopic (exact) mass is 414 g/mol. The summed E-state index contributed by atoms with van der Waals surface area (Å²) in [5, 5.41) is 7.90. The average molecular weight is 415 g/mol. The molecule has 2 aromatic rings. The molecule has 5 heteroatoms. The lowest BCUT2D eigenvalue weighted by Gasteiger charge is -2.38. The number of hydrogen-bond acceptors (Lipinski definition) is 2. The highest BCUT2D eigenvalue weighted by Gasteiger charge is 2.38. The minimum absolute atomic E-state index is 0.0563. The fourth-order valence-corrected chi connectivity index (χ4v) is 4.75. The van der Waals surface area contributed by atoms with Gasteiger partial charge in [0.1, 0.15) is 0 Å². The van der Waals surface area contributed by atoms with E-state index in [0.29, 0.717) is 34.2 Å². The molecule has 0 saturated heterocycles. The van der Waals surface area contributed by atoms with Crippen LogP contribution in [0, 0.1) is 11.8 Å². The highest BCUT2D eigenvalue weighted by molar-refractivity contribution is 6.42. The molecule has 2 aromatic carbocycles. The highest BCUT2D eigenvalue weighted by Crippen LogP contribution is 2.51. The molecule has 2 aliphatic rings. The number of fused-ring (bicyclic) bond motifs is 3. The summed E-state index contributed by atoms with van der Waals surface area (Å²) in [6.07, 6.45) is 6.02. The first-order valence-corrected chi connectivity index (χ1v) is 10.5. The summed E-state index contributed by atoms with van der Waals surface area (Å²) in [7, 11) is 0. The molecule has 1 aliphatic carbocycles. The number of halogens is 2. The van der Waals surface area contributed by atoms with Crippen molar-refractivity contribution in [2.45, 2.75) is 38.6 Å². The van der Waals surface area contributed by atoms with Gasteiger partial charge >= 0.3 is 0 Å². The molecule has 1 amide bonds. The molecule has 0 fully saturated rings. The molecule has 0 bridgehead atoms. The van der Waals surface area contributed by atoms with Gasteiger partial charge in [0.15, 0.2) is 0 Å². The molecular weight excluding hydrogens is 391 g/mol. The molecule has 0 aromatic heterocycles. The number of nitrogens with one attached hydrogen (secondary N) is 2. The van der Waals surface area contributed by atoms with Crippen molar-refractivity contribution in [1.82, 2.24) is 0 Å². The SMILES string of the molecule is CC(C)CC(=O)Nc1ccc2c(c1)C1C=CCC1C(c1cccc(Cl)c1Cl)N2. The first-order chi connectivity index (χ1) is 13.4. The first kappa shape index (κ1) is 19.4. The van der Waals surface area contributed by atoms with E-state index in [1.54, 1.807) is 0 Å². The van der Waals surface area contributed by atoms with E-state index < -0.39 is 0 Å². The lowest BCUT2D eigenvalue weighted by Crippen LogP contribution is -2.29. The zero-order valence-electron chi connectivity index (χ0n) is 16.0. The zero-order valence-corrected chi connectivity index (χ0v) is 17.5. The Morgan fingerprint density at radius 3 is 2.82 bits per heavy atom. The molecule has 1 heterocycles. The van der Waals surface area contributed by atoms with Crippen LogP contribution in [-0.2, 0) is 4.79 Å². The normalized spacial score (nSPS) is 22.5. The van der Waals surface area contributed by atoms with E-state index in [1.807, 2.05) is 44.2 Å². The second-order valence-corrected chi connectivity index (χ2v) is 8.85. The van der Waals surface area contributed by atoms with E-state index in [-0.39, 0.29) is 11.9 Å². The first-order valence-electron chi connectivity index (χ1n) is 9.75. The average Bonchev–Trinajstić information content (AvgIpc) is 3.13. The minimum Gasteiger partial charge on any atom is -0.378 e. The van der Waals surface area contributed by atoms with Gasteiger partial charge in [-0.2, -0.15) is 0 Å². The van der Waals surface area contributed by atoms with E-state index >= 15 is 0 Å². The van der Waals surface area contributed by atoms with Crippen LogP contribution in [-0.4, -0.2) is 5.91 Å². The van der Waals surface area contributed by atoms with E-state index in [2.05, 4.69) is 28.9 Å². The van der Waals surface area contributed by atoms with Crippen LogP contribution >= 0.6 is 23.2 Å². The van der Waals surface area contributed by atoms with Gasteiger partial charge in [0.2, 0.25) is 5.91 Å². The predicted octanol–water partition coefficient (Wildman–Crippen LogP) is 6.80. The van der Waals surface area contributed by atoms with Crippen molar-refractivity contribution in [3.05, 3.63) is 69.7 Å². The third kappa shape index (κ3) is 3.66. The van der Waals surface area contributed by atoms with E-state index in [0.717, 1.165) is 23.4 Å². The molecule has 28 heavy (non-hydrogen) atoms. The van der Waals surface area contributed by atoms with Crippen LogP contribution in [0.4, 0.5) is 11.4 Å². The number of amides is 1. The Bertz CT molecular complexity index is 938. The molecule has 146 valence electrons. The molecule has 1 aliphatic heterocycles. The zero-order chi connectivity index (χ0) is 19.8. The fraction of sp³-hybridized carbons (Fsp3) is 0.348. The van der Waals surface area contributed by atoms with Crippen molar-refractivity contribution in [3.8, 4) is 0 Å². The Labute approximate surface area is 176 Å². The van der Waals surface area contributed by atoms with Crippen molar-refractivity contribution in [2.75, 3.05) is 10.6 Å². The summed E-state index contributed by atoms with van der Waals surface area (Å²) < 4.78 is 0. The number of rotatable bonds is 4. The van der Waals surface area contributed by atoms with Crippen molar-refractivity contribution >= 4 is 40.5 Å². The van der Waals surface area contributed by atoms with Crippen molar-refractivity contribution in [2.24, 2.45) is 11.8 Å². The summed E-state index contributed by atoms with van der Waals surface area (Å²) >= 11 is 12.8. The van der Waals surface area contributed by atoms with Crippen LogP contribution in [0.3, 0.4) is 0 Å². The molecule has 3 nitrogen and oxygen atoms in total. The third-order valence-corrected chi connectivity index (χ3v) is 6.39. The molecule has 3 atom stereocenters. The van der Waals surface area contributed by atoms with Gasteiger partial charge < -0.3 is 10.6 Å². The summed E-state index contributed by atoms with van der Waals surface area (Å²) in [6, 6.07) is 12.0. The smallest absolute Gasteiger partial charge is 0.224 e. The van der Waals surface area contributed by atoms with Crippen molar-refractivity contribution in [1.29, 1.82) is 0 Å². The van der Waals surface area contributed by atoms with E-state index in [1.165, 1.54) is 5.56 Å². The summed E-state index contributed by atoms with van der Waals surface area (Å²) in [6.45, 7) is 4.09. The lowest BCUT2D eigenvalue weighted by atomic mass is 9.77. The quantitative estimate of drug-likeness (QED) is 0.539. The van der Waals surface area contributed by atoms with Crippen LogP contribution in [0.15, 0.2) is 48.6 Å². The van der Waals surface area contributed by atoms with Crippen molar-refractivity contribution < 1.29 is 4.79 Å². The van der Waals surface area contributed by atoms with Crippen LogP contribution in [0.2, 0.25) is 10.0 Å². The van der Waals surface area contributed by atoms with E-state index in [4.69, 9.17) is 23.2 Å². The van der Waals surface area contributed by atoms with Gasteiger partial charge in [-0.15, -0.1) is 0 Å². The summed E-state index contributed by atoms with van der Waals surface area (Å²) in [5.74, 6) is 1.05. The maximum absolute atomic E-state index is 12.2. The molecule has 2 N–H and O–H groups in total. The van der Waals surface area contributed by atoms with Gasteiger partial charge in [-0.3, -0.25) is 4.79 Å². The van der Waals surface area contributed by atoms with Crippen LogP contribution < -0.4 is 10.6 Å². The number of hydrogen-bond donors (Lipinski definition) is 2. The Morgan fingerprint density at radius 1 is 1.21 bits per heavy atom. The lowest BCUT2D eigenvalue weighted by molar-refractivity contribution is -0.116. The molecule has 0 spiro atoms. The molecular formula is C23H24Cl2N2O. The van der Waals surface area contributed by atoms with Crippen LogP contribution in [0.1, 0.15) is 49.8 Å². The van der Waals surface area contributed by atoms with Gasteiger partial charge in [-0.1, -0.05) is 61.3 Å². The minimum atomic E-state index is 0.0563. The standard InChI is InChI=1S/C23H24Cl2N2O/c1-13(2)11-21(28)26-14-9-10-20-18(12-14)15-5-3-6-16(15)23(27-20)17-7-4-8-19(24)22(17)25/h3-5,7-10,12-13,15-16,23,27H,6,11H2,1-2H3,(H,26,28). The Morgan fingerprint density at radius 2 is 2.04 bits per heavy atom. The van der Waals surface area contributed by atoms with E-state index in [9.17, 15) is 4.79 Å². The van der Waals surface area contributed by atoms with Crippen LogP contribution in [0.25, 0.3) is 0 Å². The van der Waals surface area contributed by atoms with Gasteiger partial charge in [0.25, 0.3) is 0 Å². The second kappa shape index (κ2) is 7.81. The molecule has 0 radical (unpaired) electrons.